The normalized spacial score (nSPS) is 13.1. The molecule has 0 aliphatic heterocycles. The summed E-state index contributed by atoms with van der Waals surface area (Å²) in [5.41, 5.74) is 6.71. The van der Waals surface area contributed by atoms with Gasteiger partial charge in [-0.3, -0.25) is 0 Å². The lowest BCUT2D eigenvalue weighted by Crippen LogP contribution is -2.10. The topological polar surface area (TPSA) is 89.9 Å². The van der Waals surface area contributed by atoms with Crippen LogP contribution in [0.3, 0.4) is 0 Å². The van der Waals surface area contributed by atoms with E-state index < -0.39 is 12.8 Å². The summed E-state index contributed by atoms with van der Waals surface area (Å²) < 4.78 is 14.6. The number of aliphatic hydroxyl groups excluding tert-OH is 1. The van der Waals surface area contributed by atoms with Crippen LogP contribution in [-0.4, -0.2) is 37.4 Å². The Hall–Kier alpha value is -1.76. The van der Waals surface area contributed by atoms with Crippen molar-refractivity contribution in [2.24, 2.45) is 0 Å². The van der Waals surface area contributed by atoms with Crippen LogP contribution in [0.4, 0.5) is 10.2 Å². The SMILES string of the molecule is Nc1ncnc2c1ncn2CCC(F)CO. The Kier molecular flexibility index (Phi) is 2.95. The number of nitrogens with zero attached hydrogens (tertiary/aromatic N) is 4. The Balaban J connectivity index is 2.22. The first kappa shape index (κ1) is 10.7. The molecule has 0 aromatic carbocycles. The third kappa shape index (κ3) is 1.94. The number of aliphatic hydroxyl groups is 1. The second-order valence-electron chi connectivity index (χ2n) is 3.44. The maximum Gasteiger partial charge on any atom is 0.165 e. The number of fused-ring (bicyclic) bond motifs is 1. The van der Waals surface area contributed by atoms with Gasteiger partial charge in [0.05, 0.1) is 12.9 Å². The van der Waals surface area contributed by atoms with E-state index in [2.05, 4.69) is 15.0 Å². The van der Waals surface area contributed by atoms with Crippen LogP contribution >= 0.6 is 0 Å². The van der Waals surface area contributed by atoms with Crippen LogP contribution in [0, 0.1) is 0 Å². The van der Waals surface area contributed by atoms with Gasteiger partial charge in [0.25, 0.3) is 0 Å². The second-order valence-corrected chi connectivity index (χ2v) is 3.44. The zero-order chi connectivity index (χ0) is 11.5. The molecule has 0 bridgehead atoms. The van der Waals surface area contributed by atoms with E-state index in [0.29, 0.717) is 23.5 Å². The van der Waals surface area contributed by atoms with Gasteiger partial charge in [-0.15, -0.1) is 0 Å². The number of halogens is 1. The molecule has 2 rings (SSSR count). The van der Waals surface area contributed by atoms with Crippen molar-refractivity contribution >= 4 is 17.0 Å². The van der Waals surface area contributed by atoms with E-state index in [4.69, 9.17) is 10.8 Å². The van der Waals surface area contributed by atoms with Gasteiger partial charge in [0.1, 0.15) is 18.0 Å². The number of alkyl halides is 1. The Morgan fingerprint density at radius 1 is 1.44 bits per heavy atom. The van der Waals surface area contributed by atoms with E-state index in [1.807, 2.05) is 0 Å². The summed E-state index contributed by atoms with van der Waals surface area (Å²) in [6.07, 6.45) is 1.87. The van der Waals surface area contributed by atoms with Crippen molar-refractivity contribution in [3.05, 3.63) is 12.7 Å². The molecule has 0 fully saturated rings. The summed E-state index contributed by atoms with van der Waals surface area (Å²) in [6, 6.07) is 0. The van der Waals surface area contributed by atoms with E-state index in [1.54, 1.807) is 10.9 Å². The van der Waals surface area contributed by atoms with Crippen LogP contribution in [0.1, 0.15) is 6.42 Å². The maximum absolute atomic E-state index is 12.9. The van der Waals surface area contributed by atoms with Crippen LogP contribution < -0.4 is 5.73 Å². The second kappa shape index (κ2) is 4.40. The third-order valence-corrected chi connectivity index (χ3v) is 2.31. The van der Waals surface area contributed by atoms with Crippen molar-refractivity contribution < 1.29 is 9.50 Å². The summed E-state index contributed by atoms with van der Waals surface area (Å²) >= 11 is 0. The third-order valence-electron chi connectivity index (χ3n) is 2.31. The van der Waals surface area contributed by atoms with Crippen LogP contribution in [0.5, 0.6) is 0 Å². The maximum atomic E-state index is 12.9. The highest BCUT2D eigenvalue weighted by Gasteiger charge is 2.09. The van der Waals surface area contributed by atoms with Crippen LogP contribution in [0.25, 0.3) is 11.2 Å². The minimum atomic E-state index is -1.23. The van der Waals surface area contributed by atoms with Crippen molar-refractivity contribution in [1.82, 2.24) is 19.5 Å². The fraction of sp³-hybridized carbons (Fsp3) is 0.444. The number of nitrogen functional groups attached to an aromatic ring is 1. The standard InChI is InChI=1S/C9H12FN5O/c10-6(3-16)1-2-15-5-14-7-8(11)12-4-13-9(7)15/h4-6,16H,1-3H2,(H2,11,12,13). The first-order valence-electron chi connectivity index (χ1n) is 4.88. The van der Waals surface area contributed by atoms with Crippen molar-refractivity contribution in [3.8, 4) is 0 Å². The zero-order valence-corrected chi connectivity index (χ0v) is 8.54. The minimum absolute atomic E-state index is 0.214. The van der Waals surface area contributed by atoms with Crippen LogP contribution in [-0.2, 0) is 6.54 Å². The monoisotopic (exact) mass is 225 g/mol. The Bertz CT molecular complexity index is 486. The van der Waals surface area contributed by atoms with Gasteiger partial charge in [-0.1, -0.05) is 0 Å². The number of aromatic nitrogens is 4. The summed E-state index contributed by atoms with van der Waals surface area (Å²) in [5, 5.41) is 8.58. The highest BCUT2D eigenvalue weighted by molar-refractivity contribution is 5.80. The minimum Gasteiger partial charge on any atom is -0.393 e. The molecule has 2 aromatic heterocycles. The summed E-state index contributed by atoms with van der Waals surface area (Å²) in [4.78, 5) is 11.9. The van der Waals surface area contributed by atoms with Crippen molar-refractivity contribution in [1.29, 1.82) is 0 Å². The molecule has 16 heavy (non-hydrogen) atoms. The fourth-order valence-electron chi connectivity index (χ4n) is 1.43. The Morgan fingerprint density at radius 3 is 3.00 bits per heavy atom. The molecule has 0 amide bonds. The molecular formula is C9H12FN5O. The summed E-state index contributed by atoms with van der Waals surface area (Å²) in [5.74, 6) is 0.308. The number of nitrogens with two attached hydrogens (primary N) is 1. The lowest BCUT2D eigenvalue weighted by atomic mass is 10.3. The molecule has 2 heterocycles. The lowest BCUT2D eigenvalue weighted by molar-refractivity contribution is 0.166. The van der Waals surface area contributed by atoms with E-state index in [9.17, 15) is 4.39 Å². The van der Waals surface area contributed by atoms with Gasteiger partial charge >= 0.3 is 0 Å². The van der Waals surface area contributed by atoms with Crippen molar-refractivity contribution in [2.45, 2.75) is 19.1 Å². The molecule has 3 N–H and O–H groups in total. The van der Waals surface area contributed by atoms with Gasteiger partial charge < -0.3 is 15.4 Å². The molecule has 0 saturated carbocycles. The lowest BCUT2D eigenvalue weighted by Gasteiger charge is -2.05. The van der Waals surface area contributed by atoms with E-state index in [0.717, 1.165) is 0 Å². The molecule has 0 spiro atoms. The average Bonchev–Trinajstić information content (AvgIpc) is 2.70. The van der Waals surface area contributed by atoms with E-state index >= 15 is 0 Å². The molecule has 2 aromatic rings. The van der Waals surface area contributed by atoms with E-state index in [1.165, 1.54) is 6.33 Å². The molecule has 0 saturated heterocycles. The number of aryl methyl sites for hydroxylation is 1. The first-order valence-corrected chi connectivity index (χ1v) is 4.88. The van der Waals surface area contributed by atoms with Crippen LogP contribution in [0.15, 0.2) is 12.7 Å². The predicted octanol–water partition coefficient (Wildman–Crippen LogP) is 0.129. The predicted molar refractivity (Wildman–Crippen MR) is 56.3 cm³/mol. The van der Waals surface area contributed by atoms with Crippen molar-refractivity contribution in [2.75, 3.05) is 12.3 Å². The molecule has 86 valence electrons. The number of rotatable bonds is 4. The molecule has 0 aliphatic carbocycles. The van der Waals surface area contributed by atoms with Gasteiger partial charge in [-0.2, -0.15) is 0 Å². The quantitative estimate of drug-likeness (QED) is 0.771. The van der Waals surface area contributed by atoms with Gasteiger partial charge in [0.2, 0.25) is 0 Å². The van der Waals surface area contributed by atoms with Crippen LogP contribution in [0.2, 0.25) is 0 Å². The largest absolute Gasteiger partial charge is 0.393 e. The Labute approximate surface area is 91.0 Å². The smallest absolute Gasteiger partial charge is 0.165 e. The van der Waals surface area contributed by atoms with E-state index in [-0.39, 0.29) is 6.42 Å². The molecule has 1 atom stereocenters. The first-order chi connectivity index (χ1) is 7.72. The van der Waals surface area contributed by atoms with Gasteiger partial charge in [0, 0.05) is 6.54 Å². The van der Waals surface area contributed by atoms with Gasteiger partial charge in [-0.05, 0) is 6.42 Å². The van der Waals surface area contributed by atoms with Gasteiger partial charge in [-0.25, -0.2) is 19.3 Å². The number of anilines is 1. The number of hydrogen-bond acceptors (Lipinski definition) is 5. The summed E-state index contributed by atoms with van der Waals surface area (Å²) in [7, 11) is 0. The number of hydrogen-bond donors (Lipinski definition) is 2. The highest BCUT2D eigenvalue weighted by atomic mass is 19.1. The summed E-state index contributed by atoms with van der Waals surface area (Å²) in [6.45, 7) is -0.0710. The molecular weight excluding hydrogens is 213 g/mol. The average molecular weight is 225 g/mol. The van der Waals surface area contributed by atoms with Gasteiger partial charge in [0.15, 0.2) is 11.5 Å². The highest BCUT2D eigenvalue weighted by Crippen LogP contribution is 2.14. The molecule has 0 aliphatic rings. The fourth-order valence-corrected chi connectivity index (χ4v) is 1.43. The Morgan fingerprint density at radius 2 is 2.25 bits per heavy atom. The molecule has 1 unspecified atom stereocenters. The molecule has 0 radical (unpaired) electrons. The zero-order valence-electron chi connectivity index (χ0n) is 8.54. The molecule has 7 heteroatoms. The van der Waals surface area contributed by atoms with Crippen molar-refractivity contribution in [3.63, 3.8) is 0 Å². The number of imidazole rings is 1. The molecule has 6 nitrogen and oxygen atoms in total.